The van der Waals surface area contributed by atoms with Crippen LogP contribution >= 0.6 is 0 Å². The van der Waals surface area contributed by atoms with Gasteiger partial charge in [0.15, 0.2) is 5.82 Å². The number of aliphatic hydroxyl groups is 1. The summed E-state index contributed by atoms with van der Waals surface area (Å²) in [6.45, 7) is 6.51. The fourth-order valence-electron chi connectivity index (χ4n) is 2.94. The van der Waals surface area contributed by atoms with E-state index in [2.05, 4.69) is 35.5 Å². The molecule has 1 aromatic heterocycles. The maximum atomic E-state index is 9.34. The van der Waals surface area contributed by atoms with Gasteiger partial charge in [0.2, 0.25) is 0 Å². The highest BCUT2D eigenvalue weighted by molar-refractivity contribution is 5.11. The van der Waals surface area contributed by atoms with E-state index in [4.69, 9.17) is 0 Å². The van der Waals surface area contributed by atoms with Gasteiger partial charge in [-0.2, -0.15) is 0 Å². The topological polar surface area (TPSA) is 50.9 Å². The zero-order valence-corrected chi connectivity index (χ0v) is 11.1. The first kappa shape index (κ1) is 12.6. The third-order valence-electron chi connectivity index (χ3n) is 3.92. The summed E-state index contributed by atoms with van der Waals surface area (Å²) < 4.78 is 2.12. The predicted octanol–water partition coefficient (Wildman–Crippen LogP) is 2.57. The molecular formula is C13H23N3O. The number of hydrogen-bond acceptors (Lipinski definition) is 3. The lowest BCUT2D eigenvalue weighted by atomic mass is 9.75. The number of nitrogens with zero attached hydrogens (tertiary/aromatic N) is 3. The Morgan fingerprint density at radius 3 is 2.41 bits per heavy atom. The van der Waals surface area contributed by atoms with E-state index < -0.39 is 0 Å². The normalized spacial score (nSPS) is 19.8. The highest BCUT2D eigenvalue weighted by atomic mass is 16.3. The summed E-state index contributed by atoms with van der Waals surface area (Å²) in [5.41, 5.74) is 0.142. The average Bonchev–Trinajstić information content (AvgIpc) is 2.74. The van der Waals surface area contributed by atoms with E-state index in [0.717, 1.165) is 5.82 Å². The Kier molecular flexibility index (Phi) is 3.52. The molecule has 96 valence electrons. The molecule has 1 aromatic rings. The summed E-state index contributed by atoms with van der Waals surface area (Å²) in [6.07, 6.45) is 6.25. The van der Waals surface area contributed by atoms with Gasteiger partial charge in [0.25, 0.3) is 0 Å². The molecule has 1 fully saturated rings. The molecule has 0 aromatic carbocycles. The van der Waals surface area contributed by atoms with E-state index in [-0.39, 0.29) is 12.0 Å². The molecule has 1 N–H and O–H groups in total. The van der Waals surface area contributed by atoms with E-state index >= 15 is 0 Å². The Hall–Kier alpha value is -0.900. The highest BCUT2D eigenvalue weighted by Crippen LogP contribution is 2.39. The van der Waals surface area contributed by atoms with Crippen molar-refractivity contribution in [3.05, 3.63) is 11.6 Å². The van der Waals surface area contributed by atoms with Crippen LogP contribution in [0.2, 0.25) is 0 Å². The van der Waals surface area contributed by atoms with Crippen LogP contribution in [-0.4, -0.2) is 19.9 Å². The molecule has 0 spiro atoms. The smallest absolute Gasteiger partial charge is 0.159 e. The molecule has 0 aliphatic heterocycles. The molecule has 0 saturated heterocycles. The second kappa shape index (κ2) is 4.77. The van der Waals surface area contributed by atoms with E-state index in [9.17, 15) is 5.11 Å². The van der Waals surface area contributed by atoms with Crippen molar-refractivity contribution in [1.29, 1.82) is 0 Å². The Bertz CT molecular complexity index is 378. The van der Waals surface area contributed by atoms with Crippen molar-refractivity contribution in [2.75, 3.05) is 0 Å². The minimum Gasteiger partial charge on any atom is -0.388 e. The SMILES string of the molecule is CC(C)n1c(CO)nnc1C1(C)CCCCC1. The zero-order chi connectivity index (χ0) is 12.5. The highest BCUT2D eigenvalue weighted by Gasteiger charge is 2.34. The number of hydrogen-bond donors (Lipinski definition) is 1. The molecule has 2 rings (SSSR count). The first-order valence-electron chi connectivity index (χ1n) is 6.63. The average molecular weight is 237 g/mol. The minimum atomic E-state index is -0.0265. The monoisotopic (exact) mass is 237 g/mol. The van der Waals surface area contributed by atoms with Crippen LogP contribution in [0.4, 0.5) is 0 Å². The molecule has 17 heavy (non-hydrogen) atoms. The molecule has 0 amide bonds. The lowest BCUT2D eigenvalue weighted by Crippen LogP contribution is -2.30. The van der Waals surface area contributed by atoms with E-state index in [0.29, 0.717) is 11.9 Å². The van der Waals surface area contributed by atoms with Crippen LogP contribution in [0.25, 0.3) is 0 Å². The molecule has 1 saturated carbocycles. The number of rotatable bonds is 3. The predicted molar refractivity (Wildman–Crippen MR) is 66.8 cm³/mol. The summed E-state index contributed by atoms with van der Waals surface area (Å²) in [7, 11) is 0. The van der Waals surface area contributed by atoms with Gasteiger partial charge in [-0.25, -0.2) is 0 Å². The van der Waals surface area contributed by atoms with Gasteiger partial charge in [-0.05, 0) is 26.7 Å². The largest absolute Gasteiger partial charge is 0.388 e. The Labute approximate surface area is 103 Å². The van der Waals surface area contributed by atoms with E-state index in [1.807, 2.05) is 0 Å². The molecule has 0 unspecified atom stereocenters. The molecule has 4 nitrogen and oxygen atoms in total. The lowest BCUT2D eigenvalue weighted by molar-refractivity contribution is 0.253. The molecular weight excluding hydrogens is 214 g/mol. The molecule has 0 radical (unpaired) electrons. The summed E-state index contributed by atoms with van der Waals surface area (Å²) in [5.74, 6) is 1.76. The first-order valence-corrected chi connectivity index (χ1v) is 6.63. The third kappa shape index (κ3) is 2.23. The summed E-state index contributed by atoms with van der Waals surface area (Å²) in [5, 5.41) is 17.8. The number of aliphatic hydroxyl groups excluding tert-OH is 1. The minimum absolute atomic E-state index is 0.0265. The van der Waals surface area contributed by atoms with Crippen molar-refractivity contribution in [3.8, 4) is 0 Å². The standard InChI is InChI=1S/C13H23N3O/c1-10(2)16-11(9-17)14-15-12(16)13(3)7-5-4-6-8-13/h10,17H,4-9H2,1-3H3. The van der Waals surface area contributed by atoms with Crippen LogP contribution in [0.1, 0.15) is 70.6 Å². The second-order valence-electron chi connectivity index (χ2n) is 5.68. The van der Waals surface area contributed by atoms with Gasteiger partial charge in [-0.15, -0.1) is 10.2 Å². The van der Waals surface area contributed by atoms with Gasteiger partial charge >= 0.3 is 0 Å². The number of aromatic nitrogens is 3. The van der Waals surface area contributed by atoms with Gasteiger partial charge < -0.3 is 9.67 Å². The summed E-state index contributed by atoms with van der Waals surface area (Å²) >= 11 is 0. The fraction of sp³-hybridized carbons (Fsp3) is 0.846. The lowest BCUT2D eigenvalue weighted by Gasteiger charge is -2.33. The molecule has 4 heteroatoms. The maximum Gasteiger partial charge on any atom is 0.159 e. The van der Waals surface area contributed by atoms with Crippen LogP contribution in [0.5, 0.6) is 0 Å². The van der Waals surface area contributed by atoms with Crippen LogP contribution in [0.15, 0.2) is 0 Å². The Morgan fingerprint density at radius 1 is 1.24 bits per heavy atom. The van der Waals surface area contributed by atoms with E-state index in [1.165, 1.54) is 32.1 Å². The molecule has 0 bridgehead atoms. The van der Waals surface area contributed by atoms with Crippen molar-refractivity contribution in [1.82, 2.24) is 14.8 Å². The third-order valence-corrected chi connectivity index (χ3v) is 3.92. The Balaban J connectivity index is 2.40. The van der Waals surface area contributed by atoms with E-state index in [1.54, 1.807) is 0 Å². The molecule has 1 heterocycles. The van der Waals surface area contributed by atoms with Crippen LogP contribution in [0.3, 0.4) is 0 Å². The van der Waals surface area contributed by atoms with Gasteiger partial charge in [-0.1, -0.05) is 26.2 Å². The van der Waals surface area contributed by atoms with Gasteiger partial charge in [0.05, 0.1) is 0 Å². The van der Waals surface area contributed by atoms with Crippen molar-refractivity contribution in [2.45, 2.75) is 70.9 Å². The van der Waals surface area contributed by atoms with Gasteiger partial charge in [0, 0.05) is 11.5 Å². The second-order valence-corrected chi connectivity index (χ2v) is 5.68. The van der Waals surface area contributed by atoms with Crippen molar-refractivity contribution in [2.24, 2.45) is 0 Å². The summed E-state index contributed by atoms with van der Waals surface area (Å²) in [6, 6.07) is 0.306. The summed E-state index contributed by atoms with van der Waals surface area (Å²) in [4.78, 5) is 0. The fourth-order valence-corrected chi connectivity index (χ4v) is 2.94. The zero-order valence-electron chi connectivity index (χ0n) is 11.1. The first-order chi connectivity index (χ1) is 8.08. The van der Waals surface area contributed by atoms with Crippen molar-refractivity contribution < 1.29 is 5.11 Å². The van der Waals surface area contributed by atoms with Crippen LogP contribution in [-0.2, 0) is 12.0 Å². The maximum absolute atomic E-state index is 9.34. The van der Waals surface area contributed by atoms with Crippen LogP contribution < -0.4 is 0 Å². The molecule has 1 aliphatic rings. The molecule has 0 atom stereocenters. The van der Waals surface area contributed by atoms with Crippen molar-refractivity contribution >= 4 is 0 Å². The quantitative estimate of drug-likeness (QED) is 0.879. The van der Waals surface area contributed by atoms with Gasteiger partial charge in [-0.3, -0.25) is 0 Å². The van der Waals surface area contributed by atoms with Crippen LogP contribution in [0, 0.1) is 0 Å². The van der Waals surface area contributed by atoms with Crippen molar-refractivity contribution in [3.63, 3.8) is 0 Å². The molecule has 1 aliphatic carbocycles. The van der Waals surface area contributed by atoms with Gasteiger partial charge in [0.1, 0.15) is 12.4 Å². The Morgan fingerprint density at radius 2 is 1.88 bits per heavy atom.